The Balaban J connectivity index is 1.58. The highest BCUT2D eigenvalue weighted by Crippen LogP contribution is 2.32. The third kappa shape index (κ3) is 4.11. The van der Waals surface area contributed by atoms with Crippen LogP contribution in [0.15, 0.2) is 77.5 Å². The van der Waals surface area contributed by atoms with Crippen LogP contribution in [0, 0.1) is 0 Å². The predicted octanol–water partition coefficient (Wildman–Crippen LogP) is 6.35. The predicted molar refractivity (Wildman–Crippen MR) is 143 cm³/mol. The van der Waals surface area contributed by atoms with Crippen molar-refractivity contribution in [2.75, 3.05) is 13.1 Å². The molecule has 0 saturated carbocycles. The Hall–Kier alpha value is -3.81. The minimum Gasteiger partial charge on any atom is -0.336 e. The van der Waals surface area contributed by atoms with Gasteiger partial charge >= 0.3 is 0 Å². The molecule has 0 fully saturated rings. The van der Waals surface area contributed by atoms with E-state index >= 15 is 0 Å². The van der Waals surface area contributed by atoms with Gasteiger partial charge in [0.15, 0.2) is 11.5 Å². The number of allylic oxidation sites excluding steroid dienone is 3. The van der Waals surface area contributed by atoms with E-state index < -0.39 is 0 Å². The largest absolute Gasteiger partial charge is 0.336 e. The SMILES string of the molecule is C=C/C(=C\C(=C/C)c1ccc2[nH]nc(-c3nc4c(-c5ccsc5)cccc4[nH]3)c2n1)CNCC. The first-order valence-corrected chi connectivity index (χ1v) is 12.2. The van der Waals surface area contributed by atoms with Gasteiger partial charge in [-0.15, -0.1) is 0 Å². The van der Waals surface area contributed by atoms with E-state index in [1.54, 1.807) is 11.3 Å². The smallest absolute Gasteiger partial charge is 0.161 e. The lowest BCUT2D eigenvalue weighted by molar-refractivity contribution is 0.785. The van der Waals surface area contributed by atoms with Crippen LogP contribution >= 0.6 is 11.3 Å². The molecule has 1 aromatic carbocycles. The number of para-hydroxylation sites is 1. The second-order valence-corrected chi connectivity index (χ2v) is 8.69. The van der Waals surface area contributed by atoms with Crippen molar-refractivity contribution < 1.29 is 0 Å². The van der Waals surface area contributed by atoms with Gasteiger partial charge in [0.25, 0.3) is 0 Å². The lowest BCUT2D eigenvalue weighted by atomic mass is 10.1. The summed E-state index contributed by atoms with van der Waals surface area (Å²) in [7, 11) is 0. The number of rotatable bonds is 8. The first kappa shape index (κ1) is 22.0. The summed E-state index contributed by atoms with van der Waals surface area (Å²) in [6, 6.07) is 12.3. The van der Waals surface area contributed by atoms with E-state index in [9.17, 15) is 0 Å². The summed E-state index contributed by atoms with van der Waals surface area (Å²) in [5.41, 5.74) is 9.57. The van der Waals surface area contributed by atoms with Crippen molar-refractivity contribution in [1.82, 2.24) is 30.5 Å². The molecule has 0 aliphatic rings. The van der Waals surface area contributed by atoms with E-state index in [2.05, 4.69) is 69.0 Å². The number of benzene rings is 1. The number of aromatic amines is 2. The summed E-state index contributed by atoms with van der Waals surface area (Å²) in [6.45, 7) is 9.74. The molecule has 34 heavy (non-hydrogen) atoms. The maximum atomic E-state index is 4.97. The Morgan fingerprint density at radius 3 is 2.79 bits per heavy atom. The number of hydrogen-bond donors (Lipinski definition) is 3. The molecule has 0 amide bonds. The van der Waals surface area contributed by atoms with E-state index in [0.717, 1.165) is 57.6 Å². The molecule has 0 radical (unpaired) electrons. The number of nitrogens with one attached hydrogen (secondary N) is 3. The van der Waals surface area contributed by atoms with Crippen LogP contribution in [0.2, 0.25) is 0 Å². The Morgan fingerprint density at radius 2 is 2.03 bits per heavy atom. The zero-order valence-corrected chi connectivity index (χ0v) is 20.0. The molecule has 0 unspecified atom stereocenters. The fourth-order valence-electron chi connectivity index (χ4n) is 3.98. The molecule has 170 valence electrons. The normalized spacial score (nSPS) is 12.6. The van der Waals surface area contributed by atoms with Crippen molar-refractivity contribution in [2.45, 2.75) is 13.8 Å². The quantitative estimate of drug-likeness (QED) is 0.233. The third-order valence-electron chi connectivity index (χ3n) is 5.77. The van der Waals surface area contributed by atoms with Gasteiger partial charge in [0.1, 0.15) is 5.52 Å². The zero-order chi connectivity index (χ0) is 23.5. The van der Waals surface area contributed by atoms with Gasteiger partial charge in [0.2, 0.25) is 0 Å². The Labute approximate surface area is 202 Å². The summed E-state index contributed by atoms with van der Waals surface area (Å²) in [4.78, 5) is 13.3. The van der Waals surface area contributed by atoms with Crippen molar-refractivity contribution >= 4 is 39.0 Å². The highest BCUT2D eigenvalue weighted by Gasteiger charge is 2.17. The number of thiophene rings is 1. The maximum Gasteiger partial charge on any atom is 0.161 e. The number of pyridine rings is 1. The first-order chi connectivity index (χ1) is 16.7. The molecule has 0 aliphatic carbocycles. The molecule has 5 aromatic rings. The van der Waals surface area contributed by atoms with Crippen molar-refractivity contribution in [3.63, 3.8) is 0 Å². The van der Waals surface area contributed by atoms with Gasteiger partial charge in [-0.05, 0) is 71.3 Å². The molecule has 3 N–H and O–H groups in total. The number of fused-ring (bicyclic) bond motifs is 2. The van der Waals surface area contributed by atoms with E-state index in [-0.39, 0.29) is 0 Å². The van der Waals surface area contributed by atoms with Gasteiger partial charge in [-0.2, -0.15) is 16.4 Å². The minimum absolute atomic E-state index is 0.699. The number of H-pyrrole nitrogens is 2. The lowest BCUT2D eigenvalue weighted by Gasteiger charge is -2.06. The monoisotopic (exact) mass is 466 g/mol. The Bertz CT molecular complexity index is 1520. The van der Waals surface area contributed by atoms with Crippen molar-refractivity contribution in [3.8, 4) is 22.6 Å². The number of aromatic nitrogens is 5. The molecule has 0 spiro atoms. The summed E-state index contributed by atoms with van der Waals surface area (Å²) in [5.74, 6) is 0.699. The summed E-state index contributed by atoms with van der Waals surface area (Å²) in [6.07, 6.45) is 6.07. The molecule has 0 aliphatic heterocycles. The minimum atomic E-state index is 0.699. The van der Waals surface area contributed by atoms with Gasteiger partial charge in [0, 0.05) is 12.1 Å². The molecule has 6 nitrogen and oxygen atoms in total. The highest BCUT2D eigenvalue weighted by molar-refractivity contribution is 7.08. The van der Waals surface area contributed by atoms with Crippen LogP contribution in [-0.4, -0.2) is 38.2 Å². The van der Waals surface area contributed by atoms with E-state index in [1.807, 2.05) is 37.3 Å². The highest BCUT2D eigenvalue weighted by atomic mass is 32.1. The average molecular weight is 467 g/mol. The van der Waals surface area contributed by atoms with Crippen LogP contribution in [0.3, 0.4) is 0 Å². The molecule has 7 heteroatoms. The zero-order valence-electron chi connectivity index (χ0n) is 19.2. The van der Waals surface area contributed by atoms with E-state index in [0.29, 0.717) is 11.5 Å². The van der Waals surface area contributed by atoms with Crippen molar-refractivity contribution in [3.05, 3.63) is 83.2 Å². The molecular weight excluding hydrogens is 440 g/mol. The van der Waals surface area contributed by atoms with Gasteiger partial charge < -0.3 is 10.3 Å². The van der Waals surface area contributed by atoms with Crippen LogP contribution in [0.1, 0.15) is 19.5 Å². The van der Waals surface area contributed by atoms with Crippen LogP contribution in [0.5, 0.6) is 0 Å². The molecule has 4 heterocycles. The average Bonchev–Trinajstić information content (AvgIpc) is 3.63. The van der Waals surface area contributed by atoms with Crippen molar-refractivity contribution in [2.24, 2.45) is 0 Å². The summed E-state index contributed by atoms with van der Waals surface area (Å²) >= 11 is 1.68. The lowest BCUT2D eigenvalue weighted by Crippen LogP contribution is -2.15. The van der Waals surface area contributed by atoms with Gasteiger partial charge in [-0.3, -0.25) is 5.10 Å². The van der Waals surface area contributed by atoms with E-state index in [4.69, 9.17) is 9.97 Å². The molecule has 0 atom stereocenters. The van der Waals surface area contributed by atoms with Crippen LogP contribution < -0.4 is 5.32 Å². The van der Waals surface area contributed by atoms with Crippen LogP contribution in [0.4, 0.5) is 0 Å². The second-order valence-electron chi connectivity index (χ2n) is 7.91. The molecule has 0 saturated heterocycles. The summed E-state index contributed by atoms with van der Waals surface area (Å²) in [5, 5.41) is 15.2. The Kier molecular flexibility index (Phi) is 6.20. The van der Waals surface area contributed by atoms with Gasteiger partial charge in [-0.25, -0.2) is 9.97 Å². The van der Waals surface area contributed by atoms with Gasteiger partial charge in [-0.1, -0.05) is 37.8 Å². The standard InChI is InChI=1S/C27H26N6S/c1-4-17(15-28-6-3)14-18(5-2)21-10-11-23-25(29-21)26(33-32-23)27-30-22-9-7-8-20(24(22)31-27)19-12-13-34-16-19/h4-5,7-14,16,28H,1,6,15H2,2-3H3,(H,30,31)(H,32,33)/b17-14+,18-5+. The Morgan fingerprint density at radius 1 is 1.12 bits per heavy atom. The fourth-order valence-corrected chi connectivity index (χ4v) is 4.63. The third-order valence-corrected chi connectivity index (χ3v) is 6.45. The molecule has 5 rings (SSSR count). The topological polar surface area (TPSA) is 82.3 Å². The number of hydrogen-bond acceptors (Lipinski definition) is 5. The summed E-state index contributed by atoms with van der Waals surface area (Å²) < 4.78 is 0. The molecule has 4 aromatic heterocycles. The van der Waals surface area contributed by atoms with Crippen molar-refractivity contribution in [1.29, 1.82) is 0 Å². The number of likely N-dealkylation sites (N-methyl/N-ethyl adjacent to an activating group) is 1. The van der Waals surface area contributed by atoms with Crippen LogP contribution in [-0.2, 0) is 0 Å². The second kappa shape index (κ2) is 9.59. The van der Waals surface area contributed by atoms with Gasteiger partial charge in [0.05, 0.1) is 22.2 Å². The van der Waals surface area contributed by atoms with Crippen LogP contribution in [0.25, 0.3) is 50.3 Å². The number of nitrogens with zero attached hydrogens (tertiary/aromatic N) is 3. The van der Waals surface area contributed by atoms with E-state index in [1.165, 1.54) is 5.56 Å². The number of imidazole rings is 1. The fraction of sp³-hybridized carbons (Fsp3) is 0.148. The first-order valence-electron chi connectivity index (χ1n) is 11.3. The maximum absolute atomic E-state index is 4.97. The molecular formula is C27H26N6S. The molecule has 0 bridgehead atoms.